The Balaban J connectivity index is 1.53. The minimum absolute atomic E-state index is 0.00657. The summed E-state index contributed by atoms with van der Waals surface area (Å²) in [6, 6.07) is 13.5. The zero-order valence-corrected chi connectivity index (χ0v) is 15.5. The van der Waals surface area contributed by atoms with Crippen molar-refractivity contribution in [3.63, 3.8) is 0 Å². The fourth-order valence-electron chi connectivity index (χ4n) is 3.11. The Bertz CT molecular complexity index is 915. The van der Waals surface area contributed by atoms with Gasteiger partial charge in [0.2, 0.25) is 0 Å². The van der Waals surface area contributed by atoms with Crippen LogP contribution in [-0.2, 0) is 0 Å². The smallest absolute Gasteiger partial charge is 0.315 e. The highest BCUT2D eigenvalue weighted by atomic mass is 35.5. The Morgan fingerprint density at radius 2 is 2.04 bits per heavy atom. The first-order chi connectivity index (χ1) is 12.7. The lowest BCUT2D eigenvalue weighted by atomic mass is 10.2. The van der Waals surface area contributed by atoms with Crippen molar-refractivity contribution >= 4 is 34.7 Å². The highest BCUT2D eigenvalue weighted by Gasteiger charge is 2.32. The number of hydrogen-bond donors (Lipinski definition) is 1. The maximum atomic E-state index is 12.7. The number of pyridine rings is 1. The molecule has 1 N–H and O–H groups in total. The molecule has 1 aliphatic rings. The minimum atomic E-state index is -0.168. The molecule has 1 atom stereocenters. The van der Waals surface area contributed by atoms with Gasteiger partial charge in [0.15, 0.2) is 5.15 Å². The number of hydrogen-bond acceptors (Lipinski definition) is 4. The molecule has 3 heterocycles. The number of benzene rings is 1. The molecule has 3 aromatic rings. The normalized spacial score (nSPS) is 16.7. The van der Waals surface area contributed by atoms with Gasteiger partial charge >= 0.3 is 6.03 Å². The van der Waals surface area contributed by atoms with Gasteiger partial charge in [0.25, 0.3) is 0 Å². The number of carbonyl (C=O) groups excluding carboxylic acids is 1. The van der Waals surface area contributed by atoms with Gasteiger partial charge in [0, 0.05) is 18.9 Å². The van der Waals surface area contributed by atoms with Gasteiger partial charge in [-0.2, -0.15) is 0 Å². The van der Waals surface area contributed by atoms with Crippen LogP contribution in [0.3, 0.4) is 0 Å². The summed E-state index contributed by atoms with van der Waals surface area (Å²) >= 11 is 7.69. The summed E-state index contributed by atoms with van der Waals surface area (Å²) in [7, 11) is 0. The highest BCUT2D eigenvalue weighted by molar-refractivity contribution is 7.15. The van der Waals surface area contributed by atoms with Crippen molar-refractivity contribution in [2.24, 2.45) is 0 Å². The largest absolute Gasteiger partial charge is 0.322 e. The lowest BCUT2D eigenvalue weighted by Crippen LogP contribution is -2.34. The van der Waals surface area contributed by atoms with Crippen LogP contribution in [0.2, 0.25) is 5.15 Å². The number of aromatic nitrogens is 2. The quantitative estimate of drug-likeness (QED) is 0.629. The number of nitrogens with zero attached hydrogens (tertiary/aromatic N) is 3. The van der Waals surface area contributed by atoms with E-state index >= 15 is 0 Å². The van der Waals surface area contributed by atoms with Gasteiger partial charge in [-0.25, -0.2) is 14.8 Å². The molecule has 4 rings (SSSR count). The van der Waals surface area contributed by atoms with Crippen molar-refractivity contribution in [2.45, 2.75) is 18.9 Å². The number of carbonyl (C=O) groups is 1. The van der Waals surface area contributed by atoms with Crippen LogP contribution in [0.25, 0.3) is 10.4 Å². The van der Waals surface area contributed by atoms with Crippen LogP contribution in [0.1, 0.15) is 23.9 Å². The first-order valence-electron chi connectivity index (χ1n) is 8.41. The monoisotopic (exact) mass is 384 g/mol. The average molecular weight is 385 g/mol. The molecule has 1 aliphatic heterocycles. The van der Waals surface area contributed by atoms with Gasteiger partial charge in [-0.1, -0.05) is 41.9 Å². The molecule has 0 radical (unpaired) electrons. The number of likely N-dealkylation sites (tertiary alicyclic amines) is 1. The molecular weight excluding hydrogens is 368 g/mol. The second-order valence-corrected chi connectivity index (χ2v) is 7.47. The van der Waals surface area contributed by atoms with Crippen molar-refractivity contribution in [1.29, 1.82) is 0 Å². The second-order valence-electron chi connectivity index (χ2n) is 6.05. The summed E-state index contributed by atoms with van der Waals surface area (Å²) < 4.78 is 0. The van der Waals surface area contributed by atoms with Crippen molar-refractivity contribution in [1.82, 2.24) is 14.9 Å². The van der Waals surface area contributed by atoms with E-state index in [1.807, 2.05) is 29.3 Å². The first-order valence-corrected chi connectivity index (χ1v) is 9.61. The van der Waals surface area contributed by atoms with Crippen LogP contribution in [0.4, 0.5) is 10.5 Å². The molecule has 0 unspecified atom stereocenters. The van der Waals surface area contributed by atoms with Crippen LogP contribution in [0.15, 0.2) is 54.9 Å². The number of amides is 2. The molecule has 1 saturated heterocycles. The zero-order chi connectivity index (χ0) is 17.9. The fourth-order valence-corrected chi connectivity index (χ4v) is 4.35. The summed E-state index contributed by atoms with van der Waals surface area (Å²) in [5, 5.41) is 4.12. The van der Waals surface area contributed by atoms with Gasteiger partial charge in [-0.05, 0) is 30.5 Å². The topological polar surface area (TPSA) is 58.1 Å². The van der Waals surface area contributed by atoms with Crippen molar-refractivity contribution in [3.8, 4) is 10.4 Å². The maximum Gasteiger partial charge on any atom is 0.322 e. The molecule has 1 fully saturated rings. The third kappa shape index (κ3) is 3.43. The Kier molecular flexibility index (Phi) is 4.86. The standard InChI is InChI=1S/C19H17ClN4OS/c20-17-14(8-4-10-21-17)23-19(25)24-11-5-9-15(24)18-22-12-16(26-18)13-6-2-1-3-7-13/h1-4,6-8,10,12,15H,5,9,11H2,(H,23,25)/t15-/m0/s1. The molecule has 5 nitrogen and oxygen atoms in total. The number of rotatable bonds is 3. The number of anilines is 1. The second kappa shape index (κ2) is 7.43. The van der Waals surface area contributed by atoms with E-state index in [0.29, 0.717) is 12.2 Å². The lowest BCUT2D eigenvalue weighted by Gasteiger charge is -2.23. The molecule has 1 aromatic carbocycles. The van der Waals surface area contributed by atoms with Gasteiger partial charge in [0.05, 0.1) is 16.6 Å². The third-order valence-corrected chi connectivity index (χ3v) is 5.83. The fraction of sp³-hybridized carbons (Fsp3) is 0.211. The summed E-state index contributed by atoms with van der Waals surface area (Å²) in [6.07, 6.45) is 5.36. The van der Waals surface area contributed by atoms with Gasteiger partial charge in [-0.3, -0.25) is 0 Å². The Labute approximate surface area is 160 Å². The number of halogens is 1. The van der Waals surface area contributed by atoms with E-state index in [4.69, 9.17) is 11.6 Å². The molecule has 0 spiro atoms. The van der Waals surface area contributed by atoms with E-state index in [0.717, 1.165) is 28.3 Å². The Morgan fingerprint density at radius 3 is 2.85 bits per heavy atom. The first kappa shape index (κ1) is 17.0. The number of thiazole rings is 1. The van der Waals surface area contributed by atoms with Gasteiger partial charge < -0.3 is 10.2 Å². The van der Waals surface area contributed by atoms with Crippen molar-refractivity contribution < 1.29 is 4.79 Å². The Hall–Kier alpha value is -2.44. The SMILES string of the molecule is O=C(Nc1cccnc1Cl)N1CCC[C@H]1c1ncc(-c2ccccc2)s1. The van der Waals surface area contributed by atoms with Crippen LogP contribution in [-0.4, -0.2) is 27.4 Å². The van der Waals surface area contributed by atoms with E-state index in [1.54, 1.807) is 29.7 Å². The molecule has 2 aromatic heterocycles. The molecule has 0 saturated carbocycles. The van der Waals surface area contributed by atoms with E-state index in [9.17, 15) is 4.79 Å². The van der Waals surface area contributed by atoms with Crippen molar-refractivity contribution in [3.05, 3.63) is 65.0 Å². The van der Waals surface area contributed by atoms with E-state index in [-0.39, 0.29) is 17.2 Å². The van der Waals surface area contributed by atoms with Crippen LogP contribution in [0, 0.1) is 0 Å². The van der Waals surface area contributed by atoms with Gasteiger partial charge in [-0.15, -0.1) is 11.3 Å². The van der Waals surface area contributed by atoms with E-state index in [1.165, 1.54) is 0 Å². The number of urea groups is 1. The summed E-state index contributed by atoms with van der Waals surface area (Å²) in [5.74, 6) is 0. The minimum Gasteiger partial charge on any atom is -0.315 e. The van der Waals surface area contributed by atoms with Crippen LogP contribution in [0.5, 0.6) is 0 Å². The maximum absolute atomic E-state index is 12.7. The molecule has 2 amide bonds. The molecule has 7 heteroatoms. The molecule has 132 valence electrons. The van der Waals surface area contributed by atoms with Crippen molar-refractivity contribution in [2.75, 3.05) is 11.9 Å². The lowest BCUT2D eigenvalue weighted by molar-refractivity contribution is 0.207. The van der Waals surface area contributed by atoms with Crippen LogP contribution >= 0.6 is 22.9 Å². The molecule has 0 aliphatic carbocycles. The zero-order valence-electron chi connectivity index (χ0n) is 13.9. The molecule has 26 heavy (non-hydrogen) atoms. The molecular formula is C19H17ClN4OS. The van der Waals surface area contributed by atoms with E-state index < -0.39 is 0 Å². The Morgan fingerprint density at radius 1 is 1.19 bits per heavy atom. The third-order valence-electron chi connectivity index (χ3n) is 4.38. The van der Waals surface area contributed by atoms with Gasteiger partial charge in [0.1, 0.15) is 5.01 Å². The predicted octanol–water partition coefficient (Wildman–Crippen LogP) is 5.23. The summed E-state index contributed by atoms with van der Waals surface area (Å²) in [4.78, 5) is 24.3. The highest BCUT2D eigenvalue weighted by Crippen LogP contribution is 2.37. The molecule has 0 bridgehead atoms. The van der Waals surface area contributed by atoms with Crippen LogP contribution < -0.4 is 5.32 Å². The predicted molar refractivity (Wildman–Crippen MR) is 104 cm³/mol. The van der Waals surface area contributed by atoms with E-state index in [2.05, 4.69) is 27.4 Å². The number of nitrogens with one attached hydrogen (secondary N) is 1. The average Bonchev–Trinajstić information content (AvgIpc) is 3.33. The summed E-state index contributed by atoms with van der Waals surface area (Å²) in [5.41, 5.74) is 1.67. The summed E-state index contributed by atoms with van der Waals surface area (Å²) in [6.45, 7) is 0.703.